The first kappa shape index (κ1) is 11.4. The van der Waals surface area contributed by atoms with Gasteiger partial charge in [-0.25, -0.2) is 0 Å². The van der Waals surface area contributed by atoms with E-state index >= 15 is 0 Å². The van der Waals surface area contributed by atoms with Gasteiger partial charge in [0, 0.05) is 25.6 Å². The Kier molecular flexibility index (Phi) is 4.85. The molecule has 1 amide bonds. The molecule has 3 N–H and O–H groups in total. The van der Waals surface area contributed by atoms with Crippen LogP contribution >= 0.6 is 0 Å². The minimum absolute atomic E-state index is 0.0210. The Hall–Kier alpha value is -0.610. The number of ether oxygens (including phenoxy) is 1. The summed E-state index contributed by atoms with van der Waals surface area (Å²) >= 11 is 0. The SMILES string of the molecule is COCCC(=O)NC(C)(C)CN. The van der Waals surface area contributed by atoms with Crippen LogP contribution in [-0.4, -0.2) is 31.7 Å². The summed E-state index contributed by atoms with van der Waals surface area (Å²) in [6, 6.07) is 0. The number of amides is 1. The van der Waals surface area contributed by atoms with Crippen LogP contribution in [0.3, 0.4) is 0 Å². The Morgan fingerprint density at radius 3 is 2.58 bits per heavy atom. The standard InChI is InChI=1S/C8H18N2O2/c1-8(2,6-9)10-7(11)4-5-12-3/h4-6,9H2,1-3H3,(H,10,11). The largest absolute Gasteiger partial charge is 0.384 e. The maximum Gasteiger partial charge on any atom is 0.222 e. The number of methoxy groups -OCH3 is 1. The van der Waals surface area contributed by atoms with Gasteiger partial charge in [-0.3, -0.25) is 4.79 Å². The topological polar surface area (TPSA) is 64.3 Å². The molecule has 0 aromatic carbocycles. The second kappa shape index (κ2) is 5.11. The van der Waals surface area contributed by atoms with Crippen molar-refractivity contribution < 1.29 is 9.53 Å². The molecule has 4 nitrogen and oxygen atoms in total. The molecule has 0 aliphatic carbocycles. The van der Waals surface area contributed by atoms with Gasteiger partial charge in [-0.05, 0) is 13.8 Å². The first-order chi connectivity index (χ1) is 5.52. The highest BCUT2D eigenvalue weighted by Gasteiger charge is 2.17. The highest BCUT2D eigenvalue weighted by molar-refractivity contribution is 5.76. The smallest absolute Gasteiger partial charge is 0.222 e. The van der Waals surface area contributed by atoms with Crippen LogP contribution in [0.25, 0.3) is 0 Å². The number of nitrogens with one attached hydrogen (secondary N) is 1. The van der Waals surface area contributed by atoms with Gasteiger partial charge in [-0.1, -0.05) is 0 Å². The molecule has 0 aromatic heterocycles. The summed E-state index contributed by atoms with van der Waals surface area (Å²) in [5.41, 5.74) is 5.12. The van der Waals surface area contributed by atoms with Crippen LogP contribution in [0.5, 0.6) is 0 Å². The molecular weight excluding hydrogens is 156 g/mol. The summed E-state index contributed by atoms with van der Waals surface area (Å²) in [7, 11) is 1.57. The molecule has 0 unspecified atom stereocenters. The maximum atomic E-state index is 11.1. The molecule has 0 atom stereocenters. The van der Waals surface area contributed by atoms with Crippen LogP contribution < -0.4 is 11.1 Å². The number of carbonyl (C=O) groups excluding carboxylic acids is 1. The van der Waals surface area contributed by atoms with Crippen molar-refractivity contribution in [3.8, 4) is 0 Å². The van der Waals surface area contributed by atoms with Crippen molar-refractivity contribution in [3.63, 3.8) is 0 Å². The Balaban J connectivity index is 3.68. The molecule has 0 aromatic rings. The fourth-order valence-corrected chi connectivity index (χ4v) is 0.686. The van der Waals surface area contributed by atoms with Gasteiger partial charge in [-0.15, -0.1) is 0 Å². The number of hydrogen-bond donors (Lipinski definition) is 2. The van der Waals surface area contributed by atoms with Gasteiger partial charge < -0.3 is 15.8 Å². The van der Waals surface area contributed by atoms with E-state index in [0.29, 0.717) is 19.6 Å². The van der Waals surface area contributed by atoms with E-state index in [1.807, 2.05) is 13.8 Å². The fraction of sp³-hybridized carbons (Fsp3) is 0.875. The van der Waals surface area contributed by atoms with Gasteiger partial charge in [0.1, 0.15) is 0 Å². The van der Waals surface area contributed by atoms with Crippen LogP contribution in [0, 0.1) is 0 Å². The van der Waals surface area contributed by atoms with Crippen LogP contribution in [0.1, 0.15) is 20.3 Å². The molecular formula is C8H18N2O2. The van der Waals surface area contributed by atoms with Gasteiger partial charge >= 0.3 is 0 Å². The molecule has 0 fully saturated rings. The minimum atomic E-state index is -0.315. The monoisotopic (exact) mass is 174 g/mol. The maximum absolute atomic E-state index is 11.1. The third kappa shape index (κ3) is 5.09. The molecule has 4 heteroatoms. The van der Waals surface area contributed by atoms with Crippen molar-refractivity contribution in [2.24, 2.45) is 5.73 Å². The van der Waals surface area contributed by atoms with E-state index in [-0.39, 0.29) is 11.4 Å². The molecule has 0 aliphatic rings. The predicted molar refractivity (Wildman–Crippen MR) is 47.8 cm³/mol. The lowest BCUT2D eigenvalue weighted by Crippen LogP contribution is -2.49. The summed E-state index contributed by atoms with van der Waals surface area (Å²) in [4.78, 5) is 11.1. The van der Waals surface area contributed by atoms with E-state index in [1.54, 1.807) is 7.11 Å². The molecule has 0 rings (SSSR count). The van der Waals surface area contributed by atoms with Crippen molar-refractivity contribution in [2.75, 3.05) is 20.3 Å². The Labute approximate surface area is 73.5 Å². The summed E-state index contributed by atoms with van der Waals surface area (Å²) in [5, 5.41) is 2.80. The zero-order chi connectivity index (χ0) is 9.61. The molecule has 12 heavy (non-hydrogen) atoms. The Bertz CT molecular complexity index is 146. The second-order valence-electron chi connectivity index (χ2n) is 3.38. The highest BCUT2D eigenvalue weighted by atomic mass is 16.5. The van der Waals surface area contributed by atoms with Crippen LogP contribution in [0.2, 0.25) is 0 Å². The average molecular weight is 174 g/mol. The van der Waals surface area contributed by atoms with E-state index in [1.165, 1.54) is 0 Å². The van der Waals surface area contributed by atoms with Gasteiger partial charge in [-0.2, -0.15) is 0 Å². The summed E-state index contributed by atoms with van der Waals surface area (Å²) in [5.74, 6) is -0.0210. The molecule has 0 spiro atoms. The van der Waals surface area contributed by atoms with Crippen molar-refractivity contribution in [1.82, 2.24) is 5.32 Å². The third-order valence-corrected chi connectivity index (χ3v) is 1.52. The minimum Gasteiger partial charge on any atom is -0.384 e. The third-order valence-electron chi connectivity index (χ3n) is 1.52. The second-order valence-corrected chi connectivity index (χ2v) is 3.38. The van der Waals surface area contributed by atoms with Crippen molar-refractivity contribution in [3.05, 3.63) is 0 Å². The van der Waals surface area contributed by atoms with E-state index in [4.69, 9.17) is 10.5 Å². The van der Waals surface area contributed by atoms with Crippen molar-refractivity contribution in [1.29, 1.82) is 0 Å². The highest BCUT2D eigenvalue weighted by Crippen LogP contribution is 1.98. The average Bonchev–Trinajstić information content (AvgIpc) is 2.00. The summed E-state index contributed by atoms with van der Waals surface area (Å²) < 4.78 is 4.77. The van der Waals surface area contributed by atoms with Crippen molar-refractivity contribution in [2.45, 2.75) is 25.8 Å². The molecule has 0 saturated carbocycles. The quantitative estimate of drug-likeness (QED) is 0.610. The van der Waals surface area contributed by atoms with Crippen LogP contribution in [0.15, 0.2) is 0 Å². The fourth-order valence-electron chi connectivity index (χ4n) is 0.686. The first-order valence-electron chi connectivity index (χ1n) is 4.02. The molecule has 0 saturated heterocycles. The molecule has 0 bridgehead atoms. The zero-order valence-electron chi connectivity index (χ0n) is 8.02. The van der Waals surface area contributed by atoms with Gasteiger partial charge in [0.15, 0.2) is 0 Å². The lowest BCUT2D eigenvalue weighted by Gasteiger charge is -2.23. The van der Waals surface area contributed by atoms with Crippen LogP contribution in [0.4, 0.5) is 0 Å². The van der Waals surface area contributed by atoms with Gasteiger partial charge in [0.05, 0.1) is 6.61 Å². The Morgan fingerprint density at radius 1 is 1.58 bits per heavy atom. The molecule has 0 radical (unpaired) electrons. The first-order valence-corrected chi connectivity index (χ1v) is 4.02. The lowest BCUT2D eigenvalue weighted by atomic mass is 10.1. The zero-order valence-corrected chi connectivity index (χ0v) is 8.02. The normalized spacial score (nSPS) is 11.3. The Morgan fingerprint density at radius 2 is 2.17 bits per heavy atom. The number of hydrogen-bond acceptors (Lipinski definition) is 3. The lowest BCUT2D eigenvalue weighted by molar-refractivity contribution is -0.123. The number of carbonyl (C=O) groups is 1. The van der Waals surface area contributed by atoms with E-state index in [9.17, 15) is 4.79 Å². The number of rotatable bonds is 5. The summed E-state index contributed by atoms with van der Waals surface area (Å²) in [6.07, 6.45) is 0.389. The van der Waals surface area contributed by atoms with E-state index in [2.05, 4.69) is 5.32 Å². The molecule has 0 aliphatic heterocycles. The number of nitrogens with two attached hydrogens (primary N) is 1. The van der Waals surface area contributed by atoms with Crippen molar-refractivity contribution >= 4 is 5.91 Å². The van der Waals surface area contributed by atoms with Crippen LogP contribution in [-0.2, 0) is 9.53 Å². The van der Waals surface area contributed by atoms with Gasteiger partial charge in [0.2, 0.25) is 5.91 Å². The predicted octanol–water partition coefficient (Wildman–Crippen LogP) is -0.124. The molecule has 72 valence electrons. The molecule has 0 heterocycles. The van der Waals surface area contributed by atoms with E-state index < -0.39 is 0 Å². The summed E-state index contributed by atoms with van der Waals surface area (Å²) in [6.45, 7) is 4.66. The van der Waals surface area contributed by atoms with E-state index in [0.717, 1.165) is 0 Å². The van der Waals surface area contributed by atoms with Gasteiger partial charge in [0.25, 0.3) is 0 Å².